The maximum atomic E-state index is 6.36. The van der Waals surface area contributed by atoms with E-state index in [2.05, 4.69) is 187 Å². The predicted molar refractivity (Wildman–Crippen MR) is 251 cm³/mol. The van der Waals surface area contributed by atoms with Crippen molar-refractivity contribution in [2.45, 2.75) is 89.4 Å². The van der Waals surface area contributed by atoms with Crippen LogP contribution in [0.5, 0.6) is 0 Å². The summed E-state index contributed by atoms with van der Waals surface area (Å²) in [5.74, 6) is 0.694. The Hall–Kier alpha value is -6.06. The maximum Gasteiger partial charge on any atom is 0.137 e. The van der Waals surface area contributed by atoms with Crippen molar-refractivity contribution in [3.05, 3.63) is 193 Å². The number of para-hydroxylation sites is 3. The first-order valence-corrected chi connectivity index (χ1v) is 22.1. The molecule has 0 saturated heterocycles. The SMILES string of the molecule is CCCCCC(CC)(c1ccc(N(c2ccccc2)c2ccc(C3CCCCC3)cc2)cc1)c1ccc(N(c2ccccc2)c2ccc3c(c2)oc2ccccc23)cc1. The third-order valence-corrected chi connectivity index (χ3v) is 13.0. The molecule has 1 saturated carbocycles. The van der Waals surface area contributed by atoms with E-state index in [4.69, 9.17) is 4.42 Å². The molecule has 1 fully saturated rings. The molecule has 59 heavy (non-hydrogen) atoms. The highest BCUT2D eigenvalue weighted by Crippen LogP contribution is 2.45. The van der Waals surface area contributed by atoms with Crippen LogP contribution in [0.2, 0.25) is 0 Å². The van der Waals surface area contributed by atoms with Crippen LogP contribution in [0.4, 0.5) is 34.1 Å². The summed E-state index contributed by atoms with van der Waals surface area (Å²) in [5.41, 5.74) is 12.8. The molecule has 1 heterocycles. The highest BCUT2D eigenvalue weighted by atomic mass is 16.3. The summed E-state index contributed by atoms with van der Waals surface area (Å²) < 4.78 is 6.36. The molecule has 0 aliphatic heterocycles. The highest BCUT2D eigenvalue weighted by Gasteiger charge is 2.33. The van der Waals surface area contributed by atoms with Gasteiger partial charge in [0.05, 0.1) is 0 Å². The van der Waals surface area contributed by atoms with Gasteiger partial charge >= 0.3 is 0 Å². The molecule has 0 N–H and O–H groups in total. The summed E-state index contributed by atoms with van der Waals surface area (Å²) in [7, 11) is 0. The van der Waals surface area contributed by atoms with Gasteiger partial charge in [0.25, 0.3) is 0 Å². The number of hydrogen-bond donors (Lipinski definition) is 0. The number of unbranched alkanes of at least 4 members (excludes halogenated alkanes) is 2. The van der Waals surface area contributed by atoms with Gasteiger partial charge in [-0.05, 0) is 127 Å². The van der Waals surface area contributed by atoms with E-state index >= 15 is 0 Å². The molecule has 1 aromatic heterocycles. The van der Waals surface area contributed by atoms with Crippen LogP contribution >= 0.6 is 0 Å². The number of furan rings is 1. The normalized spacial score (nSPS) is 14.3. The first-order valence-electron chi connectivity index (χ1n) is 22.1. The minimum absolute atomic E-state index is 0.115. The largest absolute Gasteiger partial charge is 0.456 e. The fraction of sp³-hybridized carbons (Fsp3) is 0.250. The minimum Gasteiger partial charge on any atom is -0.456 e. The van der Waals surface area contributed by atoms with Gasteiger partial charge in [-0.1, -0.05) is 143 Å². The summed E-state index contributed by atoms with van der Waals surface area (Å²) in [6, 6.07) is 64.7. The Morgan fingerprint density at radius 3 is 1.54 bits per heavy atom. The first kappa shape index (κ1) is 38.5. The average Bonchev–Trinajstić information content (AvgIpc) is 3.68. The Morgan fingerprint density at radius 2 is 0.966 bits per heavy atom. The van der Waals surface area contributed by atoms with Gasteiger partial charge in [-0.2, -0.15) is 0 Å². The van der Waals surface area contributed by atoms with Gasteiger partial charge in [0.15, 0.2) is 0 Å². The second-order valence-corrected chi connectivity index (χ2v) is 16.5. The van der Waals surface area contributed by atoms with E-state index in [0.717, 1.165) is 51.8 Å². The monoisotopic (exact) mass is 772 g/mol. The van der Waals surface area contributed by atoms with Crippen LogP contribution in [0.15, 0.2) is 180 Å². The van der Waals surface area contributed by atoms with E-state index in [-0.39, 0.29) is 5.41 Å². The Morgan fingerprint density at radius 1 is 0.475 bits per heavy atom. The third kappa shape index (κ3) is 7.79. The van der Waals surface area contributed by atoms with Crippen LogP contribution in [0, 0.1) is 0 Å². The lowest BCUT2D eigenvalue weighted by Gasteiger charge is -2.36. The number of benzene rings is 7. The van der Waals surface area contributed by atoms with E-state index < -0.39 is 0 Å². The zero-order valence-electron chi connectivity index (χ0n) is 34.7. The van der Waals surface area contributed by atoms with Gasteiger partial charge in [0, 0.05) is 56.4 Å². The predicted octanol–water partition coefficient (Wildman–Crippen LogP) is 16.8. The second kappa shape index (κ2) is 17.4. The van der Waals surface area contributed by atoms with Crippen LogP contribution in [0.3, 0.4) is 0 Å². The molecule has 8 aromatic rings. The molecule has 1 unspecified atom stereocenters. The molecule has 3 heteroatoms. The molecule has 0 amide bonds. The molecule has 0 radical (unpaired) electrons. The highest BCUT2D eigenvalue weighted by molar-refractivity contribution is 6.06. The van der Waals surface area contributed by atoms with Gasteiger partial charge in [-0.3, -0.25) is 0 Å². The van der Waals surface area contributed by atoms with E-state index in [0.29, 0.717) is 5.92 Å². The lowest BCUT2D eigenvalue weighted by molar-refractivity contribution is 0.431. The second-order valence-electron chi connectivity index (χ2n) is 16.5. The van der Waals surface area contributed by atoms with Crippen LogP contribution in [-0.4, -0.2) is 0 Å². The summed E-state index contributed by atoms with van der Waals surface area (Å²) in [6.07, 6.45) is 12.4. The summed E-state index contributed by atoms with van der Waals surface area (Å²) in [5, 5.41) is 2.28. The van der Waals surface area contributed by atoms with Crippen LogP contribution in [0.25, 0.3) is 21.9 Å². The van der Waals surface area contributed by atoms with E-state index in [1.807, 2.05) is 12.1 Å². The summed E-state index contributed by atoms with van der Waals surface area (Å²) in [6.45, 7) is 4.68. The third-order valence-electron chi connectivity index (χ3n) is 13.0. The van der Waals surface area contributed by atoms with Crippen molar-refractivity contribution >= 4 is 56.1 Å². The van der Waals surface area contributed by atoms with Crippen molar-refractivity contribution in [2.75, 3.05) is 9.80 Å². The quantitative estimate of drug-likeness (QED) is 0.103. The molecule has 296 valence electrons. The van der Waals surface area contributed by atoms with Crippen molar-refractivity contribution in [1.82, 2.24) is 0 Å². The van der Waals surface area contributed by atoms with Crippen LogP contribution < -0.4 is 9.80 Å². The lowest BCUT2D eigenvalue weighted by atomic mass is 9.69. The smallest absolute Gasteiger partial charge is 0.137 e. The van der Waals surface area contributed by atoms with Crippen molar-refractivity contribution in [3.8, 4) is 0 Å². The molecule has 1 atom stereocenters. The number of anilines is 6. The maximum absolute atomic E-state index is 6.36. The fourth-order valence-electron chi connectivity index (χ4n) is 9.81. The zero-order chi connectivity index (χ0) is 40.0. The lowest BCUT2D eigenvalue weighted by Crippen LogP contribution is -2.27. The summed E-state index contributed by atoms with van der Waals surface area (Å²) >= 11 is 0. The topological polar surface area (TPSA) is 19.6 Å². The molecule has 3 nitrogen and oxygen atoms in total. The van der Waals surface area contributed by atoms with Crippen LogP contribution in [0.1, 0.15) is 101 Å². The first-order chi connectivity index (χ1) is 29.1. The van der Waals surface area contributed by atoms with Crippen LogP contribution in [-0.2, 0) is 5.41 Å². The zero-order valence-corrected chi connectivity index (χ0v) is 34.7. The number of rotatable bonds is 14. The fourth-order valence-corrected chi connectivity index (χ4v) is 9.81. The van der Waals surface area contributed by atoms with Gasteiger partial charge in [0.1, 0.15) is 11.2 Å². The van der Waals surface area contributed by atoms with Crippen molar-refractivity contribution in [3.63, 3.8) is 0 Å². The number of nitrogens with zero attached hydrogens (tertiary/aromatic N) is 2. The van der Waals surface area contributed by atoms with Gasteiger partial charge in [0.2, 0.25) is 0 Å². The Balaban J connectivity index is 1.06. The minimum atomic E-state index is -0.115. The van der Waals surface area contributed by atoms with Crippen molar-refractivity contribution < 1.29 is 4.42 Å². The van der Waals surface area contributed by atoms with E-state index in [9.17, 15) is 0 Å². The molecule has 1 aliphatic rings. The molecule has 0 spiro atoms. The molecule has 1 aliphatic carbocycles. The molecular weight excluding hydrogens is 717 g/mol. The standard InChI is InChI=1S/C56H56N2O/c1-3-5-17-40-56(4-2,44-28-34-49(35-29-44)57(46-20-11-7-12-21-46)48-32-26-43(27-33-48)42-18-9-6-10-19-42)45-30-36-50(37-31-45)58(47-22-13-8-14-23-47)51-38-39-53-52-24-15-16-25-54(52)59-55(53)41-51/h7-8,11-16,20-39,41-42H,3-6,9-10,17-19,40H2,1-2H3. The molecular formula is C56H56N2O. The Bertz CT molecular complexity index is 2570. The number of hydrogen-bond acceptors (Lipinski definition) is 3. The van der Waals surface area contributed by atoms with E-state index in [1.165, 1.54) is 85.1 Å². The van der Waals surface area contributed by atoms with E-state index in [1.54, 1.807) is 0 Å². The molecule has 7 aromatic carbocycles. The number of fused-ring (bicyclic) bond motifs is 3. The van der Waals surface area contributed by atoms with Gasteiger partial charge in [-0.15, -0.1) is 0 Å². The Kier molecular flexibility index (Phi) is 11.4. The van der Waals surface area contributed by atoms with Gasteiger partial charge in [-0.25, -0.2) is 0 Å². The van der Waals surface area contributed by atoms with Crippen molar-refractivity contribution in [2.24, 2.45) is 0 Å². The average molecular weight is 773 g/mol. The molecule has 0 bridgehead atoms. The summed E-state index contributed by atoms with van der Waals surface area (Å²) in [4.78, 5) is 4.75. The van der Waals surface area contributed by atoms with Crippen molar-refractivity contribution in [1.29, 1.82) is 0 Å². The Labute approximate surface area is 350 Å². The van der Waals surface area contributed by atoms with Gasteiger partial charge < -0.3 is 14.2 Å². The molecule has 9 rings (SSSR count).